The minimum absolute atomic E-state index is 0.150. The number of fused-ring (bicyclic) bond motifs is 2. The summed E-state index contributed by atoms with van der Waals surface area (Å²) in [6, 6.07) is 18.4. The first-order valence-corrected chi connectivity index (χ1v) is 11.0. The number of aromatic nitrogens is 1. The molecule has 28 heavy (non-hydrogen) atoms. The summed E-state index contributed by atoms with van der Waals surface area (Å²) in [5.41, 5.74) is 2.29. The van der Waals surface area contributed by atoms with Crippen molar-refractivity contribution in [1.82, 2.24) is 4.98 Å². The minimum atomic E-state index is -4.13. The quantitative estimate of drug-likeness (QED) is 0.533. The van der Waals surface area contributed by atoms with Crippen LogP contribution in [0.4, 0.5) is 11.4 Å². The van der Waals surface area contributed by atoms with E-state index in [-0.39, 0.29) is 12.2 Å². The molecule has 6 nitrogen and oxygen atoms in total. The third-order valence-corrected chi connectivity index (χ3v) is 5.96. The van der Waals surface area contributed by atoms with Gasteiger partial charge in [-0.2, -0.15) is 8.42 Å². The van der Waals surface area contributed by atoms with Crippen LogP contribution < -0.4 is 9.64 Å². The molecule has 1 N–H and O–H groups in total. The van der Waals surface area contributed by atoms with Crippen molar-refractivity contribution < 1.29 is 17.7 Å². The fraction of sp³-hybridized carbons (Fsp3) is 0.150. The van der Waals surface area contributed by atoms with Crippen LogP contribution in [0.25, 0.3) is 0 Å². The highest BCUT2D eigenvalue weighted by molar-refractivity contribution is 9.10. The van der Waals surface area contributed by atoms with Gasteiger partial charge in [0.1, 0.15) is 0 Å². The highest BCUT2D eigenvalue weighted by Crippen LogP contribution is 2.51. The molecule has 0 amide bonds. The molecule has 1 aliphatic rings. The van der Waals surface area contributed by atoms with Crippen molar-refractivity contribution in [2.45, 2.75) is 12.5 Å². The average molecular weight is 461 g/mol. The SMILES string of the molecule is O=S(=O)(O)CCC(c1ncccc1Br)N1c2ccccc2Oc2ccccc21. The van der Waals surface area contributed by atoms with Gasteiger partial charge in [0.05, 0.1) is 28.9 Å². The van der Waals surface area contributed by atoms with Crippen molar-refractivity contribution >= 4 is 37.4 Å². The van der Waals surface area contributed by atoms with Crippen molar-refractivity contribution in [3.63, 3.8) is 0 Å². The van der Waals surface area contributed by atoms with Crippen molar-refractivity contribution in [2.75, 3.05) is 10.7 Å². The minimum Gasteiger partial charge on any atom is -0.453 e. The van der Waals surface area contributed by atoms with Gasteiger partial charge in [0.2, 0.25) is 0 Å². The third kappa shape index (κ3) is 3.76. The van der Waals surface area contributed by atoms with Gasteiger partial charge in [0.15, 0.2) is 11.5 Å². The highest BCUT2D eigenvalue weighted by Gasteiger charge is 2.33. The number of para-hydroxylation sites is 4. The maximum Gasteiger partial charge on any atom is 0.264 e. The maximum atomic E-state index is 11.5. The Bertz CT molecular complexity index is 1070. The molecule has 0 radical (unpaired) electrons. The summed E-state index contributed by atoms with van der Waals surface area (Å²) in [6.45, 7) is 0. The normalized spacial score (nSPS) is 14.0. The number of hydrogen-bond donors (Lipinski definition) is 1. The number of benzene rings is 2. The molecular weight excluding hydrogens is 444 g/mol. The molecule has 2 aromatic carbocycles. The Hall–Kier alpha value is -2.42. The Morgan fingerprint density at radius 2 is 1.61 bits per heavy atom. The Labute approximate surface area is 171 Å². The fourth-order valence-corrected chi connectivity index (χ4v) is 4.40. The van der Waals surface area contributed by atoms with Gasteiger partial charge in [0.25, 0.3) is 10.1 Å². The number of pyridine rings is 1. The Morgan fingerprint density at radius 3 is 2.18 bits per heavy atom. The van der Waals surface area contributed by atoms with Crippen molar-refractivity contribution in [1.29, 1.82) is 0 Å². The molecular formula is C20H17BrN2O4S. The Morgan fingerprint density at radius 1 is 1.00 bits per heavy atom. The van der Waals surface area contributed by atoms with E-state index in [1.807, 2.05) is 59.5 Å². The molecule has 3 aromatic rings. The van der Waals surface area contributed by atoms with E-state index >= 15 is 0 Å². The molecule has 4 rings (SSSR count). The molecule has 1 aromatic heterocycles. The molecule has 0 fully saturated rings. The van der Waals surface area contributed by atoms with Gasteiger partial charge in [-0.25, -0.2) is 0 Å². The molecule has 1 aliphatic heterocycles. The van der Waals surface area contributed by atoms with E-state index in [0.717, 1.165) is 15.8 Å². The van der Waals surface area contributed by atoms with E-state index in [1.165, 1.54) is 0 Å². The van der Waals surface area contributed by atoms with Crippen LogP contribution in [0.1, 0.15) is 18.2 Å². The van der Waals surface area contributed by atoms with Gasteiger partial charge < -0.3 is 9.64 Å². The number of anilines is 2. The predicted molar refractivity (Wildman–Crippen MR) is 111 cm³/mol. The zero-order valence-corrected chi connectivity index (χ0v) is 17.1. The van der Waals surface area contributed by atoms with E-state index in [9.17, 15) is 13.0 Å². The van der Waals surface area contributed by atoms with Crippen molar-refractivity contribution in [3.05, 3.63) is 77.0 Å². The van der Waals surface area contributed by atoms with Crippen molar-refractivity contribution in [3.8, 4) is 11.5 Å². The van der Waals surface area contributed by atoms with E-state index in [2.05, 4.69) is 20.9 Å². The van der Waals surface area contributed by atoms with E-state index in [4.69, 9.17) is 4.74 Å². The van der Waals surface area contributed by atoms with Gasteiger partial charge >= 0.3 is 0 Å². The van der Waals surface area contributed by atoms with Crippen LogP contribution in [0.5, 0.6) is 11.5 Å². The van der Waals surface area contributed by atoms with Crippen LogP contribution in [0.15, 0.2) is 71.3 Å². The summed E-state index contributed by atoms with van der Waals surface area (Å²) < 4.78 is 39.2. The molecule has 0 aliphatic carbocycles. The second-order valence-corrected chi connectivity index (χ2v) is 8.79. The molecule has 0 bridgehead atoms. The van der Waals surface area contributed by atoms with E-state index in [0.29, 0.717) is 17.2 Å². The third-order valence-electron chi connectivity index (χ3n) is 4.53. The van der Waals surface area contributed by atoms with Gasteiger partial charge in [0, 0.05) is 10.7 Å². The highest BCUT2D eigenvalue weighted by atomic mass is 79.9. The monoisotopic (exact) mass is 460 g/mol. The molecule has 1 unspecified atom stereocenters. The standard InChI is InChI=1S/C20H17BrN2O4S/c21-14-6-5-12-22-20(14)17(11-13-28(24,25)26)23-15-7-1-3-9-18(15)27-19-10-4-2-8-16(19)23/h1-10,12,17H,11,13H2,(H,24,25,26). The topological polar surface area (TPSA) is 79.7 Å². The first-order chi connectivity index (χ1) is 13.4. The second kappa shape index (κ2) is 7.54. The van der Waals surface area contributed by atoms with Gasteiger partial charge in [-0.3, -0.25) is 9.54 Å². The van der Waals surface area contributed by atoms with E-state index in [1.54, 1.807) is 12.3 Å². The molecule has 0 spiro atoms. The van der Waals surface area contributed by atoms with Crippen molar-refractivity contribution in [2.24, 2.45) is 0 Å². The lowest BCUT2D eigenvalue weighted by molar-refractivity contribution is 0.460. The number of hydrogen-bond acceptors (Lipinski definition) is 5. The number of halogens is 1. The van der Waals surface area contributed by atoms with Gasteiger partial charge in [-0.05, 0) is 58.7 Å². The lowest BCUT2D eigenvalue weighted by atomic mass is 10.0. The number of ether oxygens (including phenoxy) is 1. The first-order valence-electron chi connectivity index (χ1n) is 8.65. The van der Waals surface area contributed by atoms with Crippen LogP contribution in [-0.2, 0) is 10.1 Å². The summed E-state index contributed by atoms with van der Waals surface area (Å²) in [6.07, 6.45) is 1.82. The van der Waals surface area contributed by atoms with E-state index < -0.39 is 16.2 Å². The Kier molecular flexibility index (Phi) is 5.09. The lowest BCUT2D eigenvalue weighted by Crippen LogP contribution is -2.29. The molecule has 2 heterocycles. The van der Waals surface area contributed by atoms with Gasteiger partial charge in [-0.1, -0.05) is 24.3 Å². The first kappa shape index (κ1) is 18.9. The molecule has 1 atom stereocenters. The zero-order valence-electron chi connectivity index (χ0n) is 14.7. The summed E-state index contributed by atoms with van der Waals surface area (Å²) in [5.74, 6) is 0.956. The van der Waals surface area contributed by atoms with Crippen LogP contribution >= 0.6 is 15.9 Å². The molecule has 0 saturated heterocycles. The number of rotatable bonds is 5. The van der Waals surface area contributed by atoms with Crippen LogP contribution in [-0.4, -0.2) is 23.7 Å². The molecule has 8 heteroatoms. The Balaban J connectivity index is 1.89. The predicted octanol–water partition coefficient (Wildman–Crippen LogP) is 5.11. The van der Waals surface area contributed by atoms with Crippen LogP contribution in [0.3, 0.4) is 0 Å². The smallest absolute Gasteiger partial charge is 0.264 e. The molecule has 144 valence electrons. The summed E-state index contributed by atoms with van der Waals surface area (Å²) in [4.78, 5) is 6.51. The second-order valence-electron chi connectivity index (χ2n) is 6.37. The zero-order chi connectivity index (χ0) is 19.7. The lowest BCUT2D eigenvalue weighted by Gasteiger charge is -2.38. The van der Waals surface area contributed by atoms with Crippen LogP contribution in [0.2, 0.25) is 0 Å². The molecule has 0 saturated carbocycles. The largest absolute Gasteiger partial charge is 0.453 e. The maximum absolute atomic E-state index is 11.5. The average Bonchev–Trinajstić information content (AvgIpc) is 2.67. The summed E-state index contributed by atoms with van der Waals surface area (Å²) in [7, 11) is -4.13. The van der Waals surface area contributed by atoms with Gasteiger partial charge in [-0.15, -0.1) is 0 Å². The summed E-state index contributed by atoms with van der Waals surface area (Å²) in [5, 5.41) is 0. The fourth-order valence-electron chi connectivity index (χ4n) is 3.36. The number of nitrogens with zero attached hydrogens (tertiary/aromatic N) is 2. The van der Waals surface area contributed by atoms with Crippen LogP contribution in [0, 0.1) is 0 Å². The summed E-state index contributed by atoms with van der Waals surface area (Å²) >= 11 is 3.53.